The van der Waals surface area contributed by atoms with Crippen LogP contribution in [0.4, 0.5) is 4.39 Å². The first-order valence-corrected chi connectivity index (χ1v) is 7.26. The molecule has 0 aliphatic rings. The number of amides is 1. The molecule has 0 spiro atoms. The summed E-state index contributed by atoms with van der Waals surface area (Å²) in [6.07, 6.45) is 0.263. The van der Waals surface area contributed by atoms with Crippen LogP contribution in [0.1, 0.15) is 16.7 Å². The average Bonchev–Trinajstić information content (AvgIpc) is 2.48. The van der Waals surface area contributed by atoms with Crippen molar-refractivity contribution in [1.82, 2.24) is 10.2 Å². The number of hydrogen-bond acceptors (Lipinski definition) is 2. The smallest absolute Gasteiger partial charge is 0.224 e. The molecule has 3 nitrogen and oxygen atoms in total. The van der Waals surface area contributed by atoms with Gasteiger partial charge in [-0.3, -0.25) is 4.79 Å². The van der Waals surface area contributed by atoms with Crippen molar-refractivity contribution < 1.29 is 9.18 Å². The van der Waals surface area contributed by atoms with Gasteiger partial charge in [0.1, 0.15) is 5.82 Å². The maximum atomic E-state index is 12.8. The standard InChI is InChI=1S/C18H21FN2O/c1-21(2)13-16-5-3-15(4-6-16)12-20-18(22)11-14-7-9-17(19)10-8-14/h3-10H,11-13H2,1-2H3,(H,20,22). The van der Waals surface area contributed by atoms with Gasteiger partial charge in [0, 0.05) is 13.1 Å². The number of halogens is 1. The van der Waals surface area contributed by atoms with Crippen LogP contribution >= 0.6 is 0 Å². The predicted molar refractivity (Wildman–Crippen MR) is 85.8 cm³/mol. The highest BCUT2D eigenvalue weighted by atomic mass is 19.1. The van der Waals surface area contributed by atoms with Crippen molar-refractivity contribution in [3.05, 3.63) is 71.0 Å². The van der Waals surface area contributed by atoms with Crippen LogP contribution in [0.15, 0.2) is 48.5 Å². The number of benzene rings is 2. The SMILES string of the molecule is CN(C)Cc1ccc(CNC(=O)Cc2ccc(F)cc2)cc1. The lowest BCUT2D eigenvalue weighted by Gasteiger charge is -2.10. The Morgan fingerprint density at radius 2 is 1.50 bits per heavy atom. The molecule has 22 heavy (non-hydrogen) atoms. The summed E-state index contributed by atoms with van der Waals surface area (Å²) in [5.41, 5.74) is 3.11. The van der Waals surface area contributed by atoms with E-state index in [4.69, 9.17) is 0 Å². The summed E-state index contributed by atoms with van der Waals surface area (Å²) in [7, 11) is 4.06. The molecule has 0 atom stereocenters. The molecule has 0 radical (unpaired) electrons. The summed E-state index contributed by atoms with van der Waals surface area (Å²) in [6, 6.07) is 14.2. The molecule has 0 aromatic heterocycles. The zero-order valence-electron chi connectivity index (χ0n) is 13.0. The molecule has 1 amide bonds. The Balaban J connectivity index is 1.81. The first-order chi connectivity index (χ1) is 10.5. The van der Waals surface area contributed by atoms with Crippen LogP contribution in [0.5, 0.6) is 0 Å². The molecule has 4 heteroatoms. The van der Waals surface area contributed by atoms with E-state index in [1.807, 2.05) is 26.2 Å². The molecule has 0 saturated carbocycles. The van der Waals surface area contributed by atoms with Crippen LogP contribution in [0.2, 0.25) is 0 Å². The van der Waals surface area contributed by atoms with Crippen molar-refractivity contribution in [2.45, 2.75) is 19.5 Å². The molecule has 0 unspecified atom stereocenters. The van der Waals surface area contributed by atoms with Crippen molar-refractivity contribution in [1.29, 1.82) is 0 Å². The molecule has 2 aromatic carbocycles. The van der Waals surface area contributed by atoms with Crippen LogP contribution in [-0.4, -0.2) is 24.9 Å². The molecule has 2 aromatic rings. The topological polar surface area (TPSA) is 32.3 Å². The summed E-state index contributed by atoms with van der Waals surface area (Å²) < 4.78 is 12.8. The maximum Gasteiger partial charge on any atom is 0.224 e. The van der Waals surface area contributed by atoms with E-state index in [1.54, 1.807) is 12.1 Å². The Hall–Kier alpha value is -2.20. The lowest BCUT2D eigenvalue weighted by atomic mass is 10.1. The second-order valence-corrected chi connectivity index (χ2v) is 5.63. The number of nitrogens with one attached hydrogen (secondary N) is 1. The fourth-order valence-electron chi connectivity index (χ4n) is 2.18. The van der Waals surface area contributed by atoms with E-state index in [2.05, 4.69) is 22.3 Å². The molecule has 0 heterocycles. The molecule has 0 aliphatic carbocycles. The lowest BCUT2D eigenvalue weighted by Crippen LogP contribution is -2.24. The zero-order chi connectivity index (χ0) is 15.9. The number of nitrogens with zero attached hydrogens (tertiary/aromatic N) is 1. The quantitative estimate of drug-likeness (QED) is 0.889. The predicted octanol–water partition coefficient (Wildman–Crippen LogP) is 2.75. The summed E-state index contributed by atoms with van der Waals surface area (Å²) in [4.78, 5) is 14.0. The molecule has 0 fully saturated rings. The van der Waals surface area contributed by atoms with Crippen molar-refractivity contribution in [2.24, 2.45) is 0 Å². The van der Waals surface area contributed by atoms with E-state index in [9.17, 15) is 9.18 Å². The highest BCUT2D eigenvalue weighted by Crippen LogP contribution is 2.07. The van der Waals surface area contributed by atoms with E-state index >= 15 is 0 Å². The molecule has 0 aliphatic heterocycles. The van der Waals surface area contributed by atoms with Gasteiger partial charge in [0.05, 0.1) is 6.42 Å². The van der Waals surface area contributed by atoms with E-state index < -0.39 is 0 Å². The van der Waals surface area contributed by atoms with Crippen molar-refractivity contribution in [2.75, 3.05) is 14.1 Å². The molecule has 0 saturated heterocycles. The van der Waals surface area contributed by atoms with Crippen LogP contribution in [-0.2, 0) is 24.3 Å². The first-order valence-electron chi connectivity index (χ1n) is 7.26. The Labute approximate surface area is 130 Å². The Morgan fingerprint density at radius 3 is 2.09 bits per heavy atom. The Kier molecular flexibility index (Phi) is 5.67. The third kappa shape index (κ3) is 5.30. The number of hydrogen-bond donors (Lipinski definition) is 1. The number of carbonyl (C=O) groups excluding carboxylic acids is 1. The number of rotatable bonds is 6. The maximum absolute atomic E-state index is 12.8. The van der Waals surface area contributed by atoms with Gasteiger partial charge in [0.15, 0.2) is 0 Å². The first kappa shape index (κ1) is 16.2. The molecule has 1 N–H and O–H groups in total. The van der Waals surface area contributed by atoms with Crippen molar-refractivity contribution in [3.63, 3.8) is 0 Å². The third-order valence-electron chi connectivity index (χ3n) is 3.29. The van der Waals surface area contributed by atoms with Gasteiger partial charge in [-0.1, -0.05) is 36.4 Å². The largest absolute Gasteiger partial charge is 0.352 e. The van der Waals surface area contributed by atoms with Crippen LogP contribution < -0.4 is 5.32 Å². The highest BCUT2D eigenvalue weighted by molar-refractivity contribution is 5.78. The van der Waals surface area contributed by atoms with Gasteiger partial charge in [-0.25, -0.2) is 4.39 Å². The summed E-state index contributed by atoms with van der Waals surface area (Å²) >= 11 is 0. The van der Waals surface area contributed by atoms with Crippen LogP contribution in [0.25, 0.3) is 0 Å². The normalized spacial score (nSPS) is 10.7. The monoisotopic (exact) mass is 300 g/mol. The molecule has 2 rings (SSSR count). The minimum atomic E-state index is -0.290. The van der Waals surface area contributed by atoms with Gasteiger partial charge >= 0.3 is 0 Å². The second-order valence-electron chi connectivity index (χ2n) is 5.63. The number of carbonyl (C=O) groups is 1. The highest BCUT2D eigenvalue weighted by Gasteiger charge is 2.04. The minimum Gasteiger partial charge on any atom is -0.352 e. The van der Waals surface area contributed by atoms with Gasteiger partial charge in [-0.05, 0) is 42.9 Å². The molecule has 116 valence electrons. The lowest BCUT2D eigenvalue weighted by molar-refractivity contribution is -0.120. The third-order valence-corrected chi connectivity index (χ3v) is 3.29. The van der Waals surface area contributed by atoms with E-state index in [1.165, 1.54) is 17.7 Å². The molecular weight excluding hydrogens is 279 g/mol. The fraction of sp³-hybridized carbons (Fsp3) is 0.278. The van der Waals surface area contributed by atoms with Crippen molar-refractivity contribution in [3.8, 4) is 0 Å². The van der Waals surface area contributed by atoms with Crippen molar-refractivity contribution >= 4 is 5.91 Å². The minimum absolute atomic E-state index is 0.0658. The fourth-order valence-corrected chi connectivity index (χ4v) is 2.18. The molecular formula is C18H21FN2O. The van der Waals surface area contributed by atoms with E-state index in [0.29, 0.717) is 6.54 Å². The van der Waals surface area contributed by atoms with Gasteiger partial charge in [0.2, 0.25) is 5.91 Å². The summed E-state index contributed by atoms with van der Waals surface area (Å²) in [5, 5.41) is 2.88. The Bertz CT molecular complexity index is 606. The van der Waals surface area contributed by atoms with E-state index in [0.717, 1.165) is 17.7 Å². The van der Waals surface area contributed by atoms with Gasteiger partial charge in [-0.15, -0.1) is 0 Å². The Morgan fingerprint density at radius 1 is 0.955 bits per heavy atom. The van der Waals surface area contributed by atoms with Crippen LogP contribution in [0.3, 0.4) is 0 Å². The van der Waals surface area contributed by atoms with Gasteiger partial charge < -0.3 is 10.2 Å². The second kappa shape index (κ2) is 7.71. The summed E-state index contributed by atoms with van der Waals surface area (Å²) in [6.45, 7) is 1.40. The van der Waals surface area contributed by atoms with Crippen LogP contribution in [0, 0.1) is 5.82 Å². The zero-order valence-corrected chi connectivity index (χ0v) is 13.0. The average molecular weight is 300 g/mol. The van der Waals surface area contributed by atoms with Gasteiger partial charge in [0.25, 0.3) is 0 Å². The van der Waals surface area contributed by atoms with E-state index in [-0.39, 0.29) is 18.1 Å². The van der Waals surface area contributed by atoms with Gasteiger partial charge in [-0.2, -0.15) is 0 Å². The molecule has 0 bridgehead atoms. The summed E-state index contributed by atoms with van der Waals surface area (Å²) in [5.74, 6) is -0.356.